The molecule has 1 atom stereocenters. The van der Waals surface area contributed by atoms with Crippen LogP contribution in [-0.2, 0) is 9.47 Å². The molecule has 0 N–H and O–H groups in total. The Hall–Kier alpha value is -2.31. The fraction of sp³-hybridized carbons (Fsp3) is 0.562. The average Bonchev–Trinajstić information content (AvgIpc) is 2.43. The van der Waals surface area contributed by atoms with Crippen molar-refractivity contribution in [1.29, 1.82) is 0 Å². The summed E-state index contributed by atoms with van der Waals surface area (Å²) < 4.78 is 15.6. The minimum Gasteiger partial charge on any atom is -0.490 e. The number of carbonyl (C=O) groups excluding carboxylic acids is 2. The van der Waals surface area contributed by atoms with Crippen LogP contribution in [0.1, 0.15) is 37.6 Å². The van der Waals surface area contributed by atoms with Crippen molar-refractivity contribution in [1.82, 2.24) is 9.88 Å². The van der Waals surface area contributed by atoms with Gasteiger partial charge in [-0.15, -0.1) is 0 Å². The van der Waals surface area contributed by atoms with Crippen molar-refractivity contribution in [2.75, 3.05) is 20.3 Å². The second kappa shape index (κ2) is 6.85. The third kappa shape index (κ3) is 4.58. The summed E-state index contributed by atoms with van der Waals surface area (Å²) in [5, 5.41) is 0. The Morgan fingerprint density at radius 2 is 2.09 bits per heavy atom. The van der Waals surface area contributed by atoms with E-state index in [1.807, 2.05) is 20.8 Å². The van der Waals surface area contributed by atoms with E-state index in [9.17, 15) is 9.59 Å². The Morgan fingerprint density at radius 3 is 2.65 bits per heavy atom. The molecule has 7 nitrogen and oxygen atoms in total. The highest BCUT2D eigenvalue weighted by atomic mass is 16.6. The molecule has 0 aliphatic carbocycles. The first-order chi connectivity index (χ1) is 10.8. The molecule has 0 radical (unpaired) electrons. The van der Waals surface area contributed by atoms with E-state index in [0.717, 1.165) is 6.42 Å². The average molecular weight is 322 g/mol. The molecule has 0 aromatic carbocycles. The Bertz CT molecular complexity index is 582. The van der Waals surface area contributed by atoms with Crippen LogP contribution < -0.4 is 4.74 Å². The van der Waals surface area contributed by atoms with Gasteiger partial charge in [-0.2, -0.15) is 0 Å². The van der Waals surface area contributed by atoms with E-state index in [-0.39, 0.29) is 12.1 Å². The number of esters is 1. The zero-order valence-corrected chi connectivity index (χ0v) is 13.9. The van der Waals surface area contributed by atoms with Gasteiger partial charge in [-0.05, 0) is 33.3 Å². The van der Waals surface area contributed by atoms with Crippen LogP contribution in [0.4, 0.5) is 4.79 Å². The van der Waals surface area contributed by atoms with E-state index in [2.05, 4.69) is 9.72 Å². The first-order valence-electron chi connectivity index (χ1n) is 7.46. The summed E-state index contributed by atoms with van der Waals surface area (Å²) in [5.41, 5.74) is -0.195. The standard InChI is InChI=1S/C16H22N2O5/c1-16(2,3)23-15(20)18-6-5-12(18)10-22-13-7-11(8-17-9-13)14(19)21-4/h7-9,12H,5-6,10H2,1-4H3/t12-/m0/s1. The maximum atomic E-state index is 12.0. The van der Waals surface area contributed by atoms with Crippen LogP contribution >= 0.6 is 0 Å². The van der Waals surface area contributed by atoms with Crippen LogP contribution in [-0.4, -0.2) is 53.9 Å². The van der Waals surface area contributed by atoms with Crippen LogP contribution in [0.2, 0.25) is 0 Å². The Kier molecular flexibility index (Phi) is 5.08. The minimum atomic E-state index is -0.517. The molecule has 0 spiro atoms. The van der Waals surface area contributed by atoms with Gasteiger partial charge in [-0.1, -0.05) is 0 Å². The second-order valence-corrected chi connectivity index (χ2v) is 6.33. The predicted molar refractivity (Wildman–Crippen MR) is 82.4 cm³/mol. The van der Waals surface area contributed by atoms with Crippen molar-refractivity contribution in [2.45, 2.75) is 38.8 Å². The molecular weight excluding hydrogens is 300 g/mol. The van der Waals surface area contributed by atoms with Crippen molar-refractivity contribution in [2.24, 2.45) is 0 Å². The summed E-state index contributed by atoms with van der Waals surface area (Å²) in [6.07, 6.45) is 3.44. The van der Waals surface area contributed by atoms with Crippen LogP contribution in [0.15, 0.2) is 18.5 Å². The first kappa shape index (κ1) is 17.1. The Morgan fingerprint density at radius 1 is 1.35 bits per heavy atom. The summed E-state index contributed by atoms with van der Waals surface area (Å²) in [7, 11) is 1.31. The molecule has 23 heavy (non-hydrogen) atoms. The largest absolute Gasteiger partial charge is 0.490 e. The molecule has 1 aromatic rings. The van der Waals surface area contributed by atoms with Gasteiger partial charge in [-0.25, -0.2) is 9.59 Å². The molecule has 1 aliphatic heterocycles. The third-order valence-electron chi connectivity index (χ3n) is 3.35. The summed E-state index contributed by atoms with van der Waals surface area (Å²) in [4.78, 5) is 29.1. The van der Waals surface area contributed by atoms with Gasteiger partial charge in [0.1, 0.15) is 18.0 Å². The number of aromatic nitrogens is 1. The number of nitrogens with zero attached hydrogens (tertiary/aromatic N) is 2. The van der Waals surface area contributed by atoms with E-state index >= 15 is 0 Å². The molecular formula is C16H22N2O5. The van der Waals surface area contributed by atoms with E-state index < -0.39 is 11.6 Å². The van der Waals surface area contributed by atoms with Gasteiger partial charge in [-0.3, -0.25) is 4.98 Å². The molecule has 0 bridgehead atoms. The van der Waals surface area contributed by atoms with Crippen molar-refractivity contribution in [3.8, 4) is 5.75 Å². The van der Waals surface area contributed by atoms with Crippen LogP contribution in [0, 0.1) is 0 Å². The summed E-state index contributed by atoms with van der Waals surface area (Å²) in [6, 6.07) is 1.53. The van der Waals surface area contributed by atoms with Gasteiger partial charge in [0.05, 0.1) is 24.9 Å². The zero-order chi connectivity index (χ0) is 17.0. The van der Waals surface area contributed by atoms with E-state index in [4.69, 9.17) is 9.47 Å². The maximum Gasteiger partial charge on any atom is 0.410 e. The molecule has 1 aliphatic rings. The summed E-state index contributed by atoms with van der Waals surface area (Å²) >= 11 is 0. The molecule has 0 unspecified atom stereocenters. The third-order valence-corrected chi connectivity index (χ3v) is 3.35. The molecule has 1 fully saturated rings. The fourth-order valence-corrected chi connectivity index (χ4v) is 2.09. The van der Waals surface area contributed by atoms with Gasteiger partial charge in [0.2, 0.25) is 0 Å². The van der Waals surface area contributed by atoms with E-state index in [1.165, 1.54) is 19.5 Å². The van der Waals surface area contributed by atoms with Crippen molar-refractivity contribution in [3.05, 3.63) is 24.0 Å². The van der Waals surface area contributed by atoms with Crippen molar-refractivity contribution >= 4 is 12.1 Å². The second-order valence-electron chi connectivity index (χ2n) is 6.33. The van der Waals surface area contributed by atoms with Crippen LogP contribution in [0.5, 0.6) is 5.75 Å². The molecule has 7 heteroatoms. The fourth-order valence-electron chi connectivity index (χ4n) is 2.09. The van der Waals surface area contributed by atoms with Gasteiger partial charge < -0.3 is 19.1 Å². The molecule has 126 valence electrons. The van der Waals surface area contributed by atoms with Crippen molar-refractivity contribution < 1.29 is 23.8 Å². The summed E-state index contributed by atoms with van der Waals surface area (Å²) in [5.74, 6) is -0.00841. The zero-order valence-electron chi connectivity index (χ0n) is 13.9. The van der Waals surface area contributed by atoms with Crippen molar-refractivity contribution in [3.63, 3.8) is 0 Å². The first-order valence-corrected chi connectivity index (χ1v) is 7.46. The molecule has 1 aromatic heterocycles. The van der Waals surface area contributed by atoms with E-state index in [0.29, 0.717) is 24.5 Å². The number of pyridine rings is 1. The number of ether oxygens (including phenoxy) is 3. The highest BCUT2D eigenvalue weighted by Gasteiger charge is 2.35. The number of amides is 1. The Labute approximate surface area is 135 Å². The lowest BCUT2D eigenvalue weighted by atomic mass is 10.1. The molecule has 2 rings (SSSR count). The molecule has 1 saturated heterocycles. The lowest BCUT2D eigenvalue weighted by Crippen LogP contribution is -2.55. The van der Waals surface area contributed by atoms with E-state index in [1.54, 1.807) is 11.0 Å². The molecule has 0 saturated carbocycles. The monoisotopic (exact) mass is 322 g/mol. The number of hydrogen-bond donors (Lipinski definition) is 0. The topological polar surface area (TPSA) is 78.0 Å². The normalized spacial score (nSPS) is 17.2. The molecule has 2 heterocycles. The minimum absolute atomic E-state index is 0.0355. The number of rotatable bonds is 4. The number of carbonyl (C=O) groups is 2. The molecule has 1 amide bonds. The predicted octanol–water partition coefficient (Wildman–Crippen LogP) is 2.26. The SMILES string of the molecule is COC(=O)c1cncc(OC[C@@H]2CCN2C(=O)OC(C)(C)C)c1. The highest BCUT2D eigenvalue weighted by Crippen LogP contribution is 2.22. The number of methoxy groups -OCH3 is 1. The van der Waals surface area contributed by atoms with Crippen LogP contribution in [0.25, 0.3) is 0 Å². The Balaban J connectivity index is 1.89. The van der Waals surface area contributed by atoms with Crippen LogP contribution in [0.3, 0.4) is 0 Å². The summed E-state index contributed by atoms with van der Waals surface area (Å²) in [6.45, 7) is 6.48. The van der Waals surface area contributed by atoms with Gasteiger partial charge in [0.25, 0.3) is 0 Å². The maximum absolute atomic E-state index is 12.0. The lowest BCUT2D eigenvalue weighted by Gasteiger charge is -2.40. The highest BCUT2D eigenvalue weighted by molar-refractivity contribution is 5.89. The number of hydrogen-bond acceptors (Lipinski definition) is 6. The van der Waals surface area contributed by atoms with Gasteiger partial charge in [0.15, 0.2) is 0 Å². The van der Waals surface area contributed by atoms with Gasteiger partial charge >= 0.3 is 12.1 Å². The van der Waals surface area contributed by atoms with Gasteiger partial charge in [0, 0.05) is 12.7 Å². The smallest absolute Gasteiger partial charge is 0.410 e. The lowest BCUT2D eigenvalue weighted by molar-refractivity contribution is -0.0141. The quantitative estimate of drug-likeness (QED) is 0.791. The number of likely N-dealkylation sites (tertiary alicyclic amines) is 1.